The first-order valence-electron chi connectivity index (χ1n) is 7.90. The molecule has 1 heterocycles. The molecule has 20 heavy (non-hydrogen) atoms. The van der Waals surface area contributed by atoms with E-state index >= 15 is 0 Å². The van der Waals surface area contributed by atoms with Crippen molar-refractivity contribution in [2.75, 3.05) is 13.1 Å². The van der Waals surface area contributed by atoms with Crippen LogP contribution in [0.25, 0.3) is 0 Å². The molecule has 2 rings (SSSR count). The molecule has 0 amide bonds. The van der Waals surface area contributed by atoms with E-state index in [4.69, 9.17) is 0 Å². The SMILES string of the molecule is CCCc1ccc(C(=O)C(C)(C)C2CCCNC2)cc1. The summed E-state index contributed by atoms with van der Waals surface area (Å²) in [7, 11) is 0. The molecule has 0 radical (unpaired) electrons. The Morgan fingerprint density at radius 1 is 1.30 bits per heavy atom. The number of rotatable bonds is 5. The van der Waals surface area contributed by atoms with Crippen LogP contribution in [0.3, 0.4) is 0 Å². The van der Waals surface area contributed by atoms with E-state index in [1.807, 2.05) is 12.1 Å². The fourth-order valence-electron chi connectivity index (χ4n) is 3.14. The first-order chi connectivity index (χ1) is 9.55. The number of nitrogens with one attached hydrogen (secondary N) is 1. The zero-order valence-corrected chi connectivity index (χ0v) is 13.0. The van der Waals surface area contributed by atoms with Crippen LogP contribution in [0.2, 0.25) is 0 Å². The summed E-state index contributed by atoms with van der Waals surface area (Å²) in [6.07, 6.45) is 4.56. The molecule has 1 aliphatic rings. The minimum atomic E-state index is -0.278. The van der Waals surface area contributed by atoms with E-state index < -0.39 is 0 Å². The summed E-state index contributed by atoms with van der Waals surface area (Å²) in [5.41, 5.74) is 1.90. The Morgan fingerprint density at radius 3 is 2.55 bits per heavy atom. The van der Waals surface area contributed by atoms with Gasteiger partial charge in [-0.15, -0.1) is 0 Å². The lowest BCUT2D eigenvalue weighted by molar-refractivity contribution is 0.0708. The maximum absolute atomic E-state index is 12.8. The molecule has 0 aromatic heterocycles. The summed E-state index contributed by atoms with van der Waals surface area (Å²) in [5.74, 6) is 0.730. The fourth-order valence-corrected chi connectivity index (χ4v) is 3.14. The third kappa shape index (κ3) is 3.29. The fraction of sp³-hybridized carbons (Fsp3) is 0.611. The van der Waals surface area contributed by atoms with Crippen LogP contribution in [0, 0.1) is 11.3 Å². The number of carbonyl (C=O) groups is 1. The van der Waals surface area contributed by atoms with Gasteiger partial charge in [0.15, 0.2) is 5.78 Å². The second-order valence-electron chi connectivity index (χ2n) is 6.54. The lowest BCUT2D eigenvalue weighted by Gasteiger charge is -2.36. The molecule has 1 saturated heterocycles. The molecule has 1 fully saturated rings. The van der Waals surface area contributed by atoms with Gasteiger partial charge in [0.1, 0.15) is 0 Å². The largest absolute Gasteiger partial charge is 0.316 e. The van der Waals surface area contributed by atoms with Crippen LogP contribution in [0.4, 0.5) is 0 Å². The number of Topliss-reactive ketones (excluding diaryl/α,β-unsaturated/α-hetero) is 1. The zero-order valence-electron chi connectivity index (χ0n) is 13.0. The minimum absolute atomic E-state index is 0.278. The molecule has 110 valence electrons. The number of ketones is 1. The summed E-state index contributed by atoms with van der Waals surface area (Å²) < 4.78 is 0. The normalized spacial score (nSPS) is 19.9. The number of aryl methyl sites for hydroxylation is 1. The van der Waals surface area contributed by atoms with Crippen LogP contribution in [-0.4, -0.2) is 18.9 Å². The average Bonchev–Trinajstić information content (AvgIpc) is 2.48. The highest BCUT2D eigenvalue weighted by Crippen LogP contribution is 2.35. The smallest absolute Gasteiger partial charge is 0.168 e. The van der Waals surface area contributed by atoms with Crippen molar-refractivity contribution in [3.8, 4) is 0 Å². The van der Waals surface area contributed by atoms with Crippen molar-refractivity contribution in [1.29, 1.82) is 0 Å². The van der Waals surface area contributed by atoms with Gasteiger partial charge in [-0.3, -0.25) is 4.79 Å². The molecule has 0 aliphatic carbocycles. The Hall–Kier alpha value is -1.15. The summed E-state index contributed by atoms with van der Waals surface area (Å²) in [6, 6.07) is 8.22. The van der Waals surface area contributed by atoms with Gasteiger partial charge >= 0.3 is 0 Å². The molecule has 0 saturated carbocycles. The summed E-state index contributed by atoms with van der Waals surface area (Å²) >= 11 is 0. The molecule has 0 spiro atoms. The predicted octanol–water partition coefficient (Wildman–Crippen LogP) is 3.85. The standard InChI is InChI=1S/C18H27NO/c1-4-6-14-8-10-15(11-9-14)17(20)18(2,3)16-7-5-12-19-13-16/h8-11,16,19H,4-7,12-13H2,1-3H3. The second kappa shape index (κ2) is 6.53. The van der Waals surface area contributed by atoms with Crippen LogP contribution in [0.1, 0.15) is 56.0 Å². The van der Waals surface area contributed by atoms with E-state index in [1.54, 1.807) is 0 Å². The highest BCUT2D eigenvalue weighted by molar-refractivity contribution is 6.00. The van der Waals surface area contributed by atoms with Crippen molar-refractivity contribution in [1.82, 2.24) is 5.32 Å². The van der Waals surface area contributed by atoms with E-state index in [1.165, 1.54) is 12.0 Å². The van der Waals surface area contributed by atoms with E-state index in [-0.39, 0.29) is 11.2 Å². The predicted molar refractivity (Wildman–Crippen MR) is 84.1 cm³/mol. The Labute approximate surface area is 123 Å². The van der Waals surface area contributed by atoms with Gasteiger partial charge in [-0.25, -0.2) is 0 Å². The highest BCUT2D eigenvalue weighted by atomic mass is 16.1. The van der Waals surface area contributed by atoms with Crippen molar-refractivity contribution in [2.45, 2.75) is 46.5 Å². The van der Waals surface area contributed by atoms with Crippen LogP contribution in [0.15, 0.2) is 24.3 Å². The zero-order chi connectivity index (χ0) is 14.6. The maximum atomic E-state index is 12.8. The lowest BCUT2D eigenvalue weighted by Crippen LogP contribution is -2.42. The van der Waals surface area contributed by atoms with Crippen molar-refractivity contribution in [3.63, 3.8) is 0 Å². The molecule has 1 unspecified atom stereocenters. The Morgan fingerprint density at radius 2 is 2.00 bits per heavy atom. The van der Waals surface area contributed by atoms with Gasteiger partial charge in [-0.1, -0.05) is 51.5 Å². The van der Waals surface area contributed by atoms with Crippen LogP contribution < -0.4 is 5.32 Å². The van der Waals surface area contributed by atoms with Gasteiger partial charge in [0.25, 0.3) is 0 Å². The van der Waals surface area contributed by atoms with E-state index in [2.05, 4.69) is 38.2 Å². The molecule has 2 heteroatoms. The van der Waals surface area contributed by atoms with Crippen molar-refractivity contribution in [2.24, 2.45) is 11.3 Å². The number of piperidine rings is 1. The summed E-state index contributed by atoms with van der Waals surface area (Å²) in [4.78, 5) is 12.8. The van der Waals surface area contributed by atoms with Crippen LogP contribution in [0.5, 0.6) is 0 Å². The maximum Gasteiger partial charge on any atom is 0.168 e. The Bertz CT molecular complexity index is 441. The highest BCUT2D eigenvalue weighted by Gasteiger charge is 2.37. The molecular formula is C18H27NO. The number of hydrogen-bond acceptors (Lipinski definition) is 2. The number of carbonyl (C=O) groups excluding carboxylic acids is 1. The second-order valence-corrected chi connectivity index (χ2v) is 6.54. The van der Waals surface area contributed by atoms with Crippen molar-refractivity contribution >= 4 is 5.78 Å². The molecule has 1 atom stereocenters. The summed E-state index contributed by atoms with van der Waals surface area (Å²) in [5, 5.41) is 3.42. The van der Waals surface area contributed by atoms with Gasteiger partial charge < -0.3 is 5.32 Å². The van der Waals surface area contributed by atoms with Gasteiger partial charge in [0, 0.05) is 11.0 Å². The number of benzene rings is 1. The van der Waals surface area contributed by atoms with E-state index in [0.717, 1.165) is 37.9 Å². The van der Waals surface area contributed by atoms with Gasteiger partial charge in [0.05, 0.1) is 0 Å². The molecule has 0 bridgehead atoms. The van der Waals surface area contributed by atoms with E-state index in [0.29, 0.717) is 5.92 Å². The molecule has 1 aromatic carbocycles. The lowest BCUT2D eigenvalue weighted by atomic mass is 9.70. The molecule has 1 N–H and O–H groups in total. The minimum Gasteiger partial charge on any atom is -0.316 e. The average molecular weight is 273 g/mol. The van der Waals surface area contributed by atoms with Crippen molar-refractivity contribution < 1.29 is 4.79 Å². The monoisotopic (exact) mass is 273 g/mol. The number of hydrogen-bond donors (Lipinski definition) is 1. The van der Waals surface area contributed by atoms with Gasteiger partial charge in [0.2, 0.25) is 0 Å². The van der Waals surface area contributed by atoms with Gasteiger partial charge in [-0.05, 0) is 43.8 Å². The topological polar surface area (TPSA) is 29.1 Å². The first-order valence-corrected chi connectivity index (χ1v) is 7.90. The third-order valence-electron chi connectivity index (χ3n) is 4.66. The van der Waals surface area contributed by atoms with Crippen LogP contribution >= 0.6 is 0 Å². The van der Waals surface area contributed by atoms with Crippen LogP contribution in [-0.2, 0) is 6.42 Å². The van der Waals surface area contributed by atoms with Gasteiger partial charge in [-0.2, -0.15) is 0 Å². The Balaban J connectivity index is 2.12. The van der Waals surface area contributed by atoms with Crippen molar-refractivity contribution in [3.05, 3.63) is 35.4 Å². The molecular weight excluding hydrogens is 246 g/mol. The quantitative estimate of drug-likeness (QED) is 0.826. The molecule has 1 aromatic rings. The summed E-state index contributed by atoms with van der Waals surface area (Å²) in [6.45, 7) is 8.44. The Kier molecular flexibility index (Phi) is 4.98. The molecule has 1 aliphatic heterocycles. The third-order valence-corrected chi connectivity index (χ3v) is 4.66. The first kappa shape index (κ1) is 15.2. The van der Waals surface area contributed by atoms with E-state index in [9.17, 15) is 4.79 Å². The molecule has 2 nitrogen and oxygen atoms in total.